The summed E-state index contributed by atoms with van der Waals surface area (Å²) in [5.74, 6) is 0.975. The lowest BCUT2D eigenvalue weighted by Crippen LogP contribution is -1.89. The van der Waals surface area contributed by atoms with Gasteiger partial charge in [-0.2, -0.15) is 5.10 Å². The third-order valence-corrected chi connectivity index (χ3v) is 2.52. The van der Waals surface area contributed by atoms with E-state index in [2.05, 4.69) is 20.2 Å². The summed E-state index contributed by atoms with van der Waals surface area (Å²) < 4.78 is 5.56. The van der Waals surface area contributed by atoms with Crippen molar-refractivity contribution in [3.8, 4) is 11.6 Å². The molecule has 0 radical (unpaired) electrons. The monoisotopic (exact) mass is 246 g/mol. The number of benzene rings is 1. The van der Waals surface area contributed by atoms with E-state index in [1.54, 1.807) is 6.20 Å². The zero-order valence-corrected chi connectivity index (χ0v) is 9.35. The smallest absolute Gasteiger partial charge is 0.241 e. The van der Waals surface area contributed by atoms with Crippen LogP contribution in [0.2, 0.25) is 5.02 Å². The molecule has 1 aromatic carbocycles. The van der Waals surface area contributed by atoms with Gasteiger partial charge in [-0.05, 0) is 12.1 Å². The summed E-state index contributed by atoms with van der Waals surface area (Å²) in [7, 11) is 0. The number of H-pyrrole nitrogens is 1. The average Bonchev–Trinajstić information content (AvgIpc) is 2.79. The second-order valence-electron chi connectivity index (χ2n) is 3.40. The van der Waals surface area contributed by atoms with Crippen LogP contribution in [0.25, 0.3) is 10.9 Å². The topological polar surface area (TPSA) is 63.7 Å². The van der Waals surface area contributed by atoms with Crippen LogP contribution in [0.1, 0.15) is 0 Å². The first-order valence-electron chi connectivity index (χ1n) is 4.89. The Labute approximate surface area is 101 Å². The molecule has 2 aromatic heterocycles. The predicted octanol–water partition coefficient (Wildman–Crippen LogP) is 2.80. The van der Waals surface area contributed by atoms with Crippen LogP contribution in [0.15, 0.2) is 36.9 Å². The van der Waals surface area contributed by atoms with Crippen molar-refractivity contribution >= 4 is 22.5 Å². The molecule has 3 rings (SSSR count). The van der Waals surface area contributed by atoms with Crippen LogP contribution in [0.4, 0.5) is 0 Å². The molecule has 5 nitrogen and oxygen atoms in total. The maximum Gasteiger partial charge on any atom is 0.241 e. The summed E-state index contributed by atoms with van der Waals surface area (Å²) in [6.07, 6.45) is 4.62. The van der Waals surface area contributed by atoms with E-state index in [0.717, 1.165) is 10.9 Å². The van der Waals surface area contributed by atoms with Crippen LogP contribution in [-0.2, 0) is 0 Å². The average molecular weight is 247 g/mol. The quantitative estimate of drug-likeness (QED) is 0.755. The van der Waals surface area contributed by atoms with Crippen molar-refractivity contribution in [2.75, 3.05) is 0 Å². The van der Waals surface area contributed by atoms with Crippen molar-refractivity contribution in [2.45, 2.75) is 0 Å². The van der Waals surface area contributed by atoms with E-state index in [4.69, 9.17) is 16.3 Å². The van der Waals surface area contributed by atoms with Gasteiger partial charge in [-0.25, -0.2) is 9.97 Å². The Hall–Kier alpha value is -2.14. The van der Waals surface area contributed by atoms with Gasteiger partial charge in [-0.3, -0.25) is 5.10 Å². The lowest BCUT2D eigenvalue weighted by atomic mass is 10.2. The first kappa shape index (κ1) is 10.0. The molecule has 0 unspecified atom stereocenters. The highest BCUT2D eigenvalue weighted by molar-refractivity contribution is 6.31. The van der Waals surface area contributed by atoms with Crippen LogP contribution >= 0.6 is 11.6 Å². The second-order valence-corrected chi connectivity index (χ2v) is 3.80. The van der Waals surface area contributed by atoms with Gasteiger partial charge in [0.2, 0.25) is 5.88 Å². The molecular formula is C11H7ClN4O. The van der Waals surface area contributed by atoms with Crippen molar-refractivity contribution in [3.63, 3.8) is 0 Å². The SMILES string of the molecule is Clc1cncnc1Oc1ccc2cn[nH]c2c1. The highest BCUT2D eigenvalue weighted by Crippen LogP contribution is 2.27. The molecule has 0 amide bonds. The molecule has 2 heterocycles. The fourth-order valence-electron chi connectivity index (χ4n) is 1.47. The third kappa shape index (κ3) is 1.92. The number of rotatable bonds is 2. The van der Waals surface area contributed by atoms with E-state index in [9.17, 15) is 0 Å². The van der Waals surface area contributed by atoms with Crippen molar-refractivity contribution in [1.82, 2.24) is 20.2 Å². The molecule has 0 bridgehead atoms. The third-order valence-electron chi connectivity index (χ3n) is 2.26. The van der Waals surface area contributed by atoms with Crippen molar-refractivity contribution in [2.24, 2.45) is 0 Å². The molecule has 1 N–H and O–H groups in total. The number of fused-ring (bicyclic) bond motifs is 1. The van der Waals surface area contributed by atoms with Crippen LogP contribution in [-0.4, -0.2) is 20.2 Å². The maximum absolute atomic E-state index is 5.90. The minimum absolute atomic E-state index is 0.334. The highest BCUT2D eigenvalue weighted by Gasteiger charge is 2.05. The molecule has 0 saturated heterocycles. The second kappa shape index (κ2) is 4.03. The Morgan fingerprint density at radius 2 is 2.18 bits per heavy atom. The van der Waals surface area contributed by atoms with Gasteiger partial charge in [0.1, 0.15) is 17.1 Å². The van der Waals surface area contributed by atoms with Gasteiger partial charge in [-0.15, -0.1) is 0 Å². The van der Waals surface area contributed by atoms with Crippen LogP contribution < -0.4 is 4.74 Å². The number of hydrogen-bond donors (Lipinski definition) is 1. The van der Waals surface area contributed by atoms with Gasteiger partial charge in [0.15, 0.2) is 0 Å². The largest absolute Gasteiger partial charge is 0.437 e. The van der Waals surface area contributed by atoms with Gasteiger partial charge in [0.05, 0.1) is 17.9 Å². The first-order chi connectivity index (χ1) is 8.33. The van der Waals surface area contributed by atoms with E-state index in [-0.39, 0.29) is 0 Å². The summed E-state index contributed by atoms with van der Waals surface area (Å²) in [6, 6.07) is 5.57. The number of hydrogen-bond acceptors (Lipinski definition) is 4. The van der Waals surface area contributed by atoms with Gasteiger partial charge in [0, 0.05) is 11.5 Å². The molecule has 0 aliphatic heterocycles. The lowest BCUT2D eigenvalue weighted by molar-refractivity contribution is 0.462. The van der Waals surface area contributed by atoms with Crippen LogP contribution in [0.3, 0.4) is 0 Å². The summed E-state index contributed by atoms with van der Waals surface area (Å²) in [5, 5.41) is 8.19. The number of nitrogens with zero attached hydrogens (tertiary/aromatic N) is 3. The summed E-state index contributed by atoms with van der Waals surface area (Å²) in [5.41, 5.74) is 0.896. The summed E-state index contributed by atoms with van der Waals surface area (Å²) in [6.45, 7) is 0. The molecule has 0 atom stereocenters. The Morgan fingerprint density at radius 1 is 1.24 bits per heavy atom. The minimum Gasteiger partial charge on any atom is -0.437 e. The van der Waals surface area contributed by atoms with E-state index < -0.39 is 0 Å². The van der Waals surface area contributed by atoms with Gasteiger partial charge in [0.25, 0.3) is 0 Å². The molecule has 0 aliphatic carbocycles. The van der Waals surface area contributed by atoms with Gasteiger partial charge in [-0.1, -0.05) is 11.6 Å². The Bertz CT molecular complexity index is 667. The molecule has 0 aliphatic rings. The molecule has 0 spiro atoms. The Balaban J connectivity index is 1.97. The normalized spacial score (nSPS) is 10.6. The molecule has 3 aromatic rings. The molecule has 0 fully saturated rings. The van der Waals surface area contributed by atoms with Crippen molar-refractivity contribution in [3.05, 3.63) is 41.9 Å². The van der Waals surface area contributed by atoms with E-state index in [1.807, 2.05) is 18.2 Å². The first-order valence-corrected chi connectivity index (χ1v) is 5.27. The highest BCUT2D eigenvalue weighted by atomic mass is 35.5. The molecular weight excluding hydrogens is 240 g/mol. The van der Waals surface area contributed by atoms with Crippen molar-refractivity contribution in [1.29, 1.82) is 0 Å². The van der Waals surface area contributed by atoms with Gasteiger partial charge >= 0.3 is 0 Å². The fraction of sp³-hybridized carbons (Fsp3) is 0. The molecule has 17 heavy (non-hydrogen) atoms. The van der Waals surface area contributed by atoms with Gasteiger partial charge < -0.3 is 4.74 Å². The number of nitrogens with one attached hydrogen (secondary N) is 1. The predicted molar refractivity (Wildman–Crippen MR) is 63.2 cm³/mol. The maximum atomic E-state index is 5.90. The fourth-order valence-corrected chi connectivity index (χ4v) is 1.61. The molecule has 6 heteroatoms. The zero-order chi connectivity index (χ0) is 11.7. The Kier molecular flexibility index (Phi) is 2.38. The Morgan fingerprint density at radius 3 is 3.06 bits per heavy atom. The number of aromatic nitrogens is 4. The van der Waals surface area contributed by atoms with Crippen LogP contribution in [0.5, 0.6) is 11.6 Å². The standard InChI is InChI=1S/C11H7ClN4O/c12-9-5-13-6-14-11(9)17-8-2-1-7-4-15-16-10(7)3-8/h1-6H,(H,15,16). The number of aromatic amines is 1. The van der Waals surface area contributed by atoms with E-state index >= 15 is 0 Å². The summed E-state index contributed by atoms with van der Waals surface area (Å²) >= 11 is 5.90. The molecule has 0 saturated carbocycles. The number of halogens is 1. The van der Waals surface area contributed by atoms with E-state index in [0.29, 0.717) is 16.7 Å². The van der Waals surface area contributed by atoms with Crippen molar-refractivity contribution < 1.29 is 4.74 Å². The van der Waals surface area contributed by atoms with Crippen LogP contribution in [0, 0.1) is 0 Å². The molecule has 84 valence electrons. The summed E-state index contributed by atoms with van der Waals surface area (Å²) in [4.78, 5) is 7.74. The minimum atomic E-state index is 0.334. The zero-order valence-electron chi connectivity index (χ0n) is 8.59. The van der Waals surface area contributed by atoms with E-state index in [1.165, 1.54) is 12.5 Å². The lowest BCUT2D eigenvalue weighted by Gasteiger charge is -2.05. The number of ether oxygens (including phenoxy) is 1.